The third-order valence-corrected chi connectivity index (χ3v) is 4.85. The van der Waals surface area contributed by atoms with Crippen LogP contribution in [0.4, 0.5) is 0 Å². The van der Waals surface area contributed by atoms with Crippen molar-refractivity contribution < 1.29 is 4.74 Å². The van der Waals surface area contributed by atoms with E-state index in [2.05, 4.69) is 51.7 Å². The molecule has 0 bridgehead atoms. The molecule has 25 heavy (non-hydrogen) atoms. The Hall–Kier alpha value is -1.59. The van der Waals surface area contributed by atoms with Crippen LogP contribution in [0.5, 0.6) is 0 Å². The number of nitrogens with zero attached hydrogens (tertiary/aromatic N) is 2. The predicted molar refractivity (Wildman–Crippen MR) is 105 cm³/mol. The van der Waals surface area contributed by atoms with Crippen LogP contribution in [0.25, 0.3) is 0 Å². The van der Waals surface area contributed by atoms with E-state index < -0.39 is 0 Å². The molecule has 1 saturated heterocycles. The smallest absolute Gasteiger partial charge is 0.191 e. The minimum Gasteiger partial charge on any atom is -0.380 e. The van der Waals surface area contributed by atoms with Crippen molar-refractivity contribution in [1.29, 1.82) is 0 Å². The maximum Gasteiger partial charge on any atom is 0.191 e. The number of hydrogen-bond acceptors (Lipinski definition) is 3. The highest BCUT2D eigenvalue weighted by atomic mass is 16.5. The predicted octanol–water partition coefficient (Wildman–Crippen LogP) is 2.76. The van der Waals surface area contributed by atoms with E-state index in [0.717, 1.165) is 32.2 Å². The molecule has 5 nitrogen and oxygen atoms in total. The fourth-order valence-corrected chi connectivity index (χ4v) is 3.28. The molecule has 0 spiro atoms. The highest BCUT2D eigenvalue weighted by Gasteiger charge is 2.19. The summed E-state index contributed by atoms with van der Waals surface area (Å²) in [6, 6.07) is 9.41. The van der Waals surface area contributed by atoms with Crippen molar-refractivity contribution in [3.05, 3.63) is 35.4 Å². The highest BCUT2D eigenvalue weighted by Crippen LogP contribution is 2.20. The molecule has 140 valence electrons. The van der Waals surface area contributed by atoms with Crippen molar-refractivity contribution in [1.82, 2.24) is 15.5 Å². The maximum atomic E-state index is 5.35. The molecule has 0 saturated carbocycles. The first-order valence-electron chi connectivity index (χ1n) is 9.57. The first-order chi connectivity index (χ1) is 12.2. The van der Waals surface area contributed by atoms with Gasteiger partial charge in [-0.3, -0.25) is 9.89 Å². The molecule has 1 aromatic carbocycles. The van der Waals surface area contributed by atoms with Crippen molar-refractivity contribution in [2.75, 3.05) is 33.4 Å². The molecule has 1 heterocycles. The van der Waals surface area contributed by atoms with Gasteiger partial charge in [0.25, 0.3) is 0 Å². The SMILES string of the molecule is CCOCCNC(=NC)NCc1ccccc1CN1CCCCC1C. The van der Waals surface area contributed by atoms with Gasteiger partial charge in [0, 0.05) is 39.3 Å². The standard InChI is InChI=1S/C20H34N4O/c1-4-25-14-12-22-20(21-3)23-15-18-10-5-6-11-19(18)16-24-13-8-7-9-17(24)2/h5-6,10-11,17H,4,7-9,12-16H2,1-3H3,(H2,21,22,23). The zero-order chi connectivity index (χ0) is 17.9. The first kappa shape index (κ1) is 19.7. The Bertz CT molecular complexity index is 532. The van der Waals surface area contributed by atoms with Gasteiger partial charge in [-0.15, -0.1) is 0 Å². The molecule has 2 rings (SSSR count). The first-order valence-corrected chi connectivity index (χ1v) is 9.57. The number of aliphatic imine (C=N–C) groups is 1. The van der Waals surface area contributed by atoms with Crippen molar-refractivity contribution in [2.24, 2.45) is 4.99 Å². The molecule has 0 aliphatic carbocycles. The third-order valence-electron chi connectivity index (χ3n) is 4.85. The lowest BCUT2D eigenvalue weighted by molar-refractivity contribution is 0.152. The molecular formula is C20H34N4O. The number of hydrogen-bond donors (Lipinski definition) is 2. The molecule has 1 aliphatic heterocycles. The second-order valence-electron chi connectivity index (χ2n) is 6.63. The van der Waals surface area contributed by atoms with Gasteiger partial charge in [0.05, 0.1) is 6.61 Å². The Morgan fingerprint density at radius 2 is 2.04 bits per heavy atom. The minimum atomic E-state index is 0.683. The minimum absolute atomic E-state index is 0.683. The van der Waals surface area contributed by atoms with Crippen LogP contribution in [-0.2, 0) is 17.8 Å². The number of piperidine rings is 1. The summed E-state index contributed by atoms with van der Waals surface area (Å²) in [7, 11) is 1.80. The molecule has 0 amide bonds. The number of ether oxygens (including phenoxy) is 1. The molecular weight excluding hydrogens is 312 g/mol. The zero-order valence-electron chi connectivity index (χ0n) is 16.1. The quantitative estimate of drug-likeness (QED) is 0.432. The van der Waals surface area contributed by atoms with Gasteiger partial charge in [-0.25, -0.2) is 0 Å². The lowest BCUT2D eigenvalue weighted by Crippen LogP contribution is -2.39. The molecule has 1 atom stereocenters. The van der Waals surface area contributed by atoms with E-state index in [1.54, 1.807) is 7.05 Å². The van der Waals surface area contributed by atoms with Gasteiger partial charge >= 0.3 is 0 Å². The van der Waals surface area contributed by atoms with Gasteiger partial charge in [-0.2, -0.15) is 0 Å². The van der Waals surface area contributed by atoms with E-state index >= 15 is 0 Å². The van der Waals surface area contributed by atoms with Gasteiger partial charge in [-0.05, 0) is 44.4 Å². The summed E-state index contributed by atoms with van der Waals surface area (Å²) in [5.74, 6) is 0.820. The second-order valence-corrected chi connectivity index (χ2v) is 6.63. The van der Waals surface area contributed by atoms with Crippen LogP contribution >= 0.6 is 0 Å². The van der Waals surface area contributed by atoms with E-state index in [9.17, 15) is 0 Å². The van der Waals surface area contributed by atoms with Gasteiger partial charge in [0.2, 0.25) is 0 Å². The average Bonchev–Trinajstić information content (AvgIpc) is 2.64. The fraction of sp³-hybridized carbons (Fsp3) is 0.650. The Labute approximate surface area is 152 Å². The molecule has 1 unspecified atom stereocenters. The van der Waals surface area contributed by atoms with Crippen LogP contribution in [0.2, 0.25) is 0 Å². The number of benzene rings is 1. The van der Waals surface area contributed by atoms with E-state index in [1.165, 1.54) is 36.9 Å². The largest absolute Gasteiger partial charge is 0.380 e. The molecule has 5 heteroatoms. The summed E-state index contributed by atoms with van der Waals surface area (Å²) in [6.07, 6.45) is 4.00. The second kappa shape index (κ2) is 11.1. The lowest BCUT2D eigenvalue weighted by atomic mass is 10.0. The Balaban J connectivity index is 1.88. The summed E-state index contributed by atoms with van der Waals surface area (Å²) >= 11 is 0. The summed E-state index contributed by atoms with van der Waals surface area (Å²) in [4.78, 5) is 6.90. The molecule has 0 aromatic heterocycles. The Kier molecular flexibility index (Phi) is 8.77. The summed E-state index contributed by atoms with van der Waals surface area (Å²) in [5.41, 5.74) is 2.75. The zero-order valence-corrected chi connectivity index (χ0v) is 16.1. The van der Waals surface area contributed by atoms with Gasteiger partial charge < -0.3 is 15.4 Å². The molecule has 1 aliphatic rings. The molecule has 0 radical (unpaired) electrons. The van der Waals surface area contributed by atoms with Gasteiger partial charge in [-0.1, -0.05) is 30.7 Å². The van der Waals surface area contributed by atoms with E-state index in [1.807, 2.05) is 6.92 Å². The average molecular weight is 347 g/mol. The monoisotopic (exact) mass is 346 g/mol. The Morgan fingerprint density at radius 3 is 2.76 bits per heavy atom. The topological polar surface area (TPSA) is 48.9 Å². The van der Waals surface area contributed by atoms with E-state index in [-0.39, 0.29) is 0 Å². The van der Waals surface area contributed by atoms with Crippen LogP contribution in [0, 0.1) is 0 Å². The fourth-order valence-electron chi connectivity index (χ4n) is 3.28. The maximum absolute atomic E-state index is 5.35. The van der Waals surface area contributed by atoms with Crippen molar-refractivity contribution in [3.63, 3.8) is 0 Å². The van der Waals surface area contributed by atoms with E-state index in [0.29, 0.717) is 12.6 Å². The molecule has 1 aromatic rings. The number of rotatable bonds is 8. The number of likely N-dealkylation sites (tertiary alicyclic amines) is 1. The van der Waals surface area contributed by atoms with Crippen LogP contribution in [0.1, 0.15) is 44.2 Å². The van der Waals surface area contributed by atoms with Crippen LogP contribution in [0.3, 0.4) is 0 Å². The molecule has 1 fully saturated rings. The summed E-state index contributed by atoms with van der Waals surface area (Å²) < 4.78 is 5.35. The van der Waals surface area contributed by atoms with Crippen molar-refractivity contribution >= 4 is 5.96 Å². The van der Waals surface area contributed by atoms with Crippen LogP contribution in [-0.4, -0.2) is 50.3 Å². The van der Waals surface area contributed by atoms with Gasteiger partial charge in [0.15, 0.2) is 5.96 Å². The summed E-state index contributed by atoms with van der Waals surface area (Å²) in [5, 5.41) is 6.70. The van der Waals surface area contributed by atoms with E-state index in [4.69, 9.17) is 4.74 Å². The highest BCUT2D eigenvalue weighted by molar-refractivity contribution is 5.79. The lowest BCUT2D eigenvalue weighted by Gasteiger charge is -2.33. The summed E-state index contributed by atoms with van der Waals surface area (Å²) in [6.45, 7) is 9.60. The van der Waals surface area contributed by atoms with Crippen LogP contribution in [0.15, 0.2) is 29.3 Å². The normalized spacial score (nSPS) is 19.0. The molecule has 2 N–H and O–H groups in total. The third kappa shape index (κ3) is 6.67. The van der Waals surface area contributed by atoms with Crippen molar-refractivity contribution in [3.8, 4) is 0 Å². The van der Waals surface area contributed by atoms with Crippen molar-refractivity contribution in [2.45, 2.75) is 52.2 Å². The number of nitrogens with one attached hydrogen (secondary N) is 2. The number of guanidine groups is 1. The van der Waals surface area contributed by atoms with Crippen LogP contribution < -0.4 is 10.6 Å². The Morgan fingerprint density at radius 1 is 1.24 bits per heavy atom. The van der Waals surface area contributed by atoms with Gasteiger partial charge in [0.1, 0.15) is 0 Å².